The van der Waals surface area contributed by atoms with Crippen LogP contribution >= 0.6 is 11.8 Å². The van der Waals surface area contributed by atoms with Gasteiger partial charge in [0.1, 0.15) is 0 Å². The van der Waals surface area contributed by atoms with Crippen molar-refractivity contribution in [3.05, 3.63) is 29.3 Å². The van der Waals surface area contributed by atoms with E-state index in [4.69, 9.17) is 0 Å². The molecule has 1 atom stereocenters. The average molecular weight is 359 g/mol. The summed E-state index contributed by atoms with van der Waals surface area (Å²) in [4.78, 5) is 12.6. The first-order valence-electron chi connectivity index (χ1n) is 8.87. The van der Waals surface area contributed by atoms with Gasteiger partial charge in [-0.15, -0.1) is 5.10 Å². The molecular weight excluding hydrogens is 334 g/mol. The summed E-state index contributed by atoms with van der Waals surface area (Å²) in [5.74, 6) is -0.0307. The molecule has 1 heterocycles. The molecule has 1 aliphatic carbocycles. The number of tetrazole rings is 1. The van der Waals surface area contributed by atoms with Crippen molar-refractivity contribution in [1.82, 2.24) is 20.2 Å². The summed E-state index contributed by atoms with van der Waals surface area (Å²) in [6.45, 7) is 5.91. The second kappa shape index (κ2) is 7.99. The van der Waals surface area contributed by atoms with E-state index >= 15 is 0 Å². The van der Waals surface area contributed by atoms with E-state index < -0.39 is 0 Å². The Kier molecular flexibility index (Phi) is 5.73. The highest BCUT2D eigenvalue weighted by molar-refractivity contribution is 8.00. The lowest BCUT2D eigenvalue weighted by Crippen LogP contribution is -2.24. The van der Waals surface area contributed by atoms with E-state index in [-0.39, 0.29) is 11.2 Å². The summed E-state index contributed by atoms with van der Waals surface area (Å²) in [5.41, 5.74) is 3.05. The highest BCUT2D eigenvalue weighted by Crippen LogP contribution is 2.31. The maximum Gasteiger partial charge on any atom is 0.237 e. The second-order valence-corrected chi connectivity index (χ2v) is 8.07. The molecule has 6 nitrogen and oxygen atoms in total. The van der Waals surface area contributed by atoms with Gasteiger partial charge in [0, 0.05) is 5.69 Å². The maximum atomic E-state index is 12.6. The van der Waals surface area contributed by atoms with Crippen LogP contribution in [0.2, 0.25) is 0 Å². The van der Waals surface area contributed by atoms with Crippen LogP contribution < -0.4 is 5.32 Å². The van der Waals surface area contributed by atoms with Gasteiger partial charge in [-0.05, 0) is 61.2 Å². The zero-order valence-electron chi connectivity index (χ0n) is 15.0. The number of nitrogens with zero attached hydrogens (tertiary/aromatic N) is 4. The number of rotatable bonds is 5. The molecule has 1 saturated carbocycles. The molecular formula is C18H25N5OS. The predicted octanol–water partition coefficient (Wildman–Crippen LogP) is 3.91. The predicted molar refractivity (Wildman–Crippen MR) is 99.8 cm³/mol. The van der Waals surface area contributed by atoms with Crippen molar-refractivity contribution in [2.45, 2.75) is 69.3 Å². The van der Waals surface area contributed by atoms with E-state index in [9.17, 15) is 4.79 Å². The van der Waals surface area contributed by atoms with Crippen LogP contribution in [0.5, 0.6) is 0 Å². The fourth-order valence-electron chi connectivity index (χ4n) is 3.13. The molecule has 3 rings (SSSR count). The number of anilines is 1. The standard InChI is InChI=1S/C18H25N5OS/c1-12-9-10-13(2)16(11-12)19-17(24)14(3)25-18-20-21-22-23(18)15-7-5-4-6-8-15/h9-11,14-15H,4-8H2,1-3H3,(H,19,24). The summed E-state index contributed by atoms with van der Waals surface area (Å²) >= 11 is 1.42. The minimum Gasteiger partial charge on any atom is -0.325 e. The number of benzene rings is 1. The molecule has 1 fully saturated rings. The molecule has 25 heavy (non-hydrogen) atoms. The molecule has 134 valence electrons. The zero-order chi connectivity index (χ0) is 17.8. The normalized spacial score (nSPS) is 16.6. The van der Waals surface area contributed by atoms with Crippen molar-refractivity contribution in [3.8, 4) is 0 Å². The summed E-state index contributed by atoms with van der Waals surface area (Å²) in [5, 5.41) is 15.6. The van der Waals surface area contributed by atoms with Crippen molar-refractivity contribution in [2.75, 3.05) is 5.32 Å². The van der Waals surface area contributed by atoms with E-state index in [2.05, 4.69) is 20.8 Å². The summed E-state index contributed by atoms with van der Waals surface area (Å²) in [7, 11) is 0. The van der Waals surface area contributed by atoms with Crippen molar-refractivity contribution >= 4 is 23.4 Å². The molecule has 1 aromatic heterocycles. The zero-order valence-corrected chi connectivity index (χ0v) is 15.8. The number of carbonyl (C=O) groups is 1. The highest BCUT2D eigenvalue weighted by Gasteiger charge is 2.24. The van der Waals surface area contributed by atoms with Crippen LogP contribution in [0.25, 0.3) is 0 Å². The van der Waals surface area contributed by atoms with E-state index in [1.54, 1.807) is 0 Å². The van der Waals surface area contributed by atoms with Gasteiger partial charge >= 0.3 is 0 Å². The van der Waals surface area contributed by atoms with E-state index in [0.29, 0.717) is 6.04 Å². The number of carbonyl (C=O) groups excluding carboxylic acids is 1. The first-order valence-corrected chi connectivity index (χ1v) is 9.75. The molecule has 1 amide bonds. The molecule has 0 spiro atoms. The number of nitrogens with one attached hydrogen (secondary N) is 1. The Labute approximate surface area is 152 Å². The monoisotopic (exact) mass is 359 g/mol. The molecule has 0 bridgehead atoms. The van der Waals surface area contributed by atoms with Gasteiger partial charge in [-0.1, -0.05) is 43.2 Å². The number of hydrogen-bond donors (Lipinski definition) is 1. The number of thioether (sulfide) groups is 1. The number of hydrogen-bond acceptors (Lipinski definition) is 5. The molecule has 1 unspecified atom stereocenters. The fourth-order valence-corrected chi connectivity index (χ4v) is 3.99. The van der Waals surface area contributed by atoms with Crippen molar-refractivity contribution in [2.24, 2.45) is 0 Å². The van der Waals surface area contributed by atoms with Crippen LogP contribution in [0.3, 0.4) is 0 Å². The van der Waals surface area contributed by atoms with Crippen LogP contribution in [0.4, 0.5) is 5.69 Å². The summed E-state index contributed by atoms with van der Waals surface area (Å²) in [6, 6.07) is 6.42. The minimum atomic E-state index is -0.270. The molecule has 2 aromatic rings. The highest BCUT2D eigenvalue weighted by atomic mass is 32.2. The topological polar surface area (TPSA) is 72.7 Å². The number of aryl methyl sites for hydroxylation is 2. The SMILES string of the molecule is Cc1ccc(C)c(NC(=O)C(C)Sc2nnnn2C2CCCCC2)c1. The average Bonchev–Trinajstić information content (AvgIpc) is 3.07. The number of amides is 1. The molecule has 0 radical (unpaired) electrons. The van der Waals surface area contributed by atoms with Gasteiger partial charge in [-0.3, -0.25) is 4.79 Å². The van der Waals surface area contributed by atoms with Gasteiger partial charge in [0.05, 0.1) is 11.3 Å². The quantitative estimate of drug-likeness (QED) is 0.819. The Morgan fingerprint density at radius 1 is 1.28 bits per heavy atom. The van der Waals surface area contributed by atoms with Crippen LogP contribution in [-0.2, 0) is 4.79 Å². The van der Waals surface area contributed by atoms with Crippen LogP contribution in [-0.4, -0.2) is 31.4 Å². The molecule has 1 aromatic carbocycles. The van der Waals surface area contributed by atoms with E-state index in [0.717, 1.165) is 34.8 Å². The van der Waals surface area contributed by atoms with Crippen LogP contribution in [0.1, 0.15) is 56.2 Å². The van der Waals surface area contributed by atoms with E-state index in [1.165, 1.54) is 31.0 Å². The van der Waals surface area contributed by atoms with Crippen molar-refractivity contribution in [3.63, 3.8) is 0 Å². The van der Waals surface area contributed by atoms with Gasteiger partial charge in [0.15, 0.2) is 0 Å². The Morgan fingerprint density at radius 3 is 2.80 bits per heavy atom. The summed E-state index contributed by atoms with van der Waals surface area (Å²) < 4.78 is 1.91. The first kappa shape index (κ1) is 17.9. The van der Waals surface area contributed by atoms with Gasteiger partial charge in [-0.2, -0.15) is 0 Å². The second-order valence-electron chi connectivity index (χ2n) is 6.77. The third-order valence-corrected chi connectivity index (χ3v) is 5.73. The molecule has 0 saturated heterocycles. The molecule has 1 N–H and O–H groups in total. The molecule has 7 heteroatoms. The first-order chi connectivity index (χ1) is 12.0. The third kappa shape index (κ3) is 4.39. The smallest absolute Gasteiger partial charge is 0.237 e. The van der Waals surface area contributed by atoms with Crippen molar-refractivity contribution in [1.29, 1.82) is 0 Å². The minimum absolute atomic E-state index is 0.0307. The Hall–Kier alpha value is -1.89. The summed E-state index contributed by atoms with van der Waals surface area (Å²) in [6.07, 6.45) is 5.95. The van der Waals surface area contributed by atoms with Crippen LogP contribution in [0, 0.1) is 13.8 Å². The van der Waals surface area contributed by atoms with Gasteiger partial charge in [-0.25, -0.2) is 4.68 Å². The Bertz CT molecular complexity index is 739. The lowest BCUT2D eigenvalue weighted by Gasteiger charge is -2.22. The Morgan fingerprint density at radius 2 is 2.04 bits per heavy atom. The third-order valence-electron chi connectivity index (χ3n) is 4.69. The largest absolute Gasteiger partial charge is 0.325 e. The maximum absolute atomic E-state index is 12.6. The lowest BCUT2D eigenvalue weighted by atomic mass is 9.96. The van der Waals surface area contributed by atoms with Gasteiger partial charge in [0.25, 0.3) is 0 Å². The Balaban J connectivity index is 1.66. The van der Waals surface area contributed by atoms with Crippen LogP contribution in [0.15, 0.2) is 23.4 Å². The number of aromatic nitrogens is 4. The molecule has 1 aliphatic rings. The van der Waals surface area contributed by atoms with Gasteiger partial charge < -0.3 is 5.32 Å². The van der Waals surface area contributed by atoms with E-state index in [1.807, 2.05) is 43.7 Å². The van der Waals surface area contributed by atoms with Crippen molar-refractivity contribution < 1.29 is 4.79 Å². The lowest BCUT2D eigenvalue weighted by molar-refractivity contribution is -0.115. The van der Waals surface area contributed by atoms with Gasteiger partial charge in [0.2, 0.25) is 11.1 Å². The molecule has 0 aliphatic heterocycles. The fraction of sp³-hybridized carbons (Fsp3) is 0.556.